The van der Waals surface area contributed by atoms with Gasteiger partial charge in [0.15, 0.2) is 0 Å². The molecule has 80 valence electrons. The molecule has 1 rings (SSSR count). The number of thiophene rings is 1. The molecular weight excluding hydrogens is 198 g/mol. The highest BCUT2D eigenvalue weighted by Gasteiger charge is 2.17. The number of hydrogen-bond donors (Lipinski definition) is 3. The van der Waals surface area contributed by atoms with Crippen molar-refractivity contribution < 1.29 is 10.2 Å². The van der Waals surface area contributed by atoms with Gasteiger partial charge < -0.3 is 15.5 Å². The topological polar surface area (TPSA) is 52.5 Å². The smallest absolute Gasteiger partial charge is 0.0972 e. The van der Waals surface area contributed by atoms with Crippen LogP contribution < -0.4 is 5.32 Å². The van der Waals surface area contributed by atoms with E-state index in [0.29, 0.717) is 6.54 Å². The Morgan fingerprint density at radius 2 is 2.36 bits per heavy atom. The third-order valence-corrected chi connectivity index (χ3v) is 2.91. The van der Waals surface area contributed by atoms with E-state index in [2.05, 4.69) is 16.8 Å². The Bertz CT molecular complexity index is 247. The zero-order valence-electron chi connectivity index (χ0n) is 8.36. The highest BCUT2D eigenvalue weighted by molar-refractivity contribution is 7.09. The molecule has 0 aliphatic heterocycles. The Hall–Kier alpha value is -0.420. The maximum Gasteiger partial charge on any atom is 0.0972 e. The van der Waals surface area contributed by atoms with E-state index < -0.39 is 5.60 Å². The molecule has 3 N–H and O–H groups in total. The first-order valence-corrected chi connectivity index (χ1v) is 5.58. The molecular formula is C10H17NO2S. The number of aliphatic hydroxyl groups excluding tert-OH is 1. The Labute approximate surface area is 88.4 Å². The fourth-order valence-corrected chi connectivity index (χ4v) is 1.79. The lowest BCUT2D eigenvalue weighted by atomic mass is 10.1. The van der Waals surface area contributed by atoms with Gasteiger partial charge in [-0.1, -0.05) is 6.07 Å². The summed E-state index contributed by atoms with van der Waals surface area (Å²) in [5.41, 5.74) is -1.00. The zero-order valence-corrected chi connectivity index (χ0v) is 9.18. The first kappa shape index (κ1) is 11.7. The van der Waals surface area contributed by atoms with Gasteiger partial charge in [-0.25, -0.2) is 0 Å². The summed E-state index contributed by atoms with van der Waals surface area (Å²) < 4.78 is 0. The second kappa shape index (κ2) is 5.46. The van der Waals surface area contributed by atoms with Gasteiger partial charge in [0, 0.05) is 18.0 Å². The molecule has 3 nitrogen and oxygen atoms in total. The highest BCUT2D eigenvalue weighted by atomic mass is 32.1. The molecule has 14 heavy (non-hydrogen) atoms. The van der Waals surface area contributed by atoms with Gasteiger partial charge in [-0.15, -0.1) is 11.3 Å². The van der Waals surface area contributed by atoms with Crippen molar-refractivity contribution in [3.8, 4) is 0 Å². The van der Waals surface area contributed by atoms with Crippen molar-refractivity contribution in [3.63, 3.8) is 0 Å². The molecule has 0 aliphatic rings. The average molecular weight is 215 g/mol. The summed E-state index contributed by atoms with van der Waals surface area (Å²) in [7, 11) is 0. The number of aliphatic hydroxyl groups is 2. The molecule has 0 spiro atoms. The van der Waals surface area contributed by atoms with Crippen LogP contribution in [0.1, 0.15) is 11.8 Å². The maximum absolute atomic E-state index is 9.47. The average Bonchev–Trinajstić information content (AvgIpc) is 2.65. The monoisotopic (exact) mass is 215 g/mol. The molecule has 0 radical (unpaired) electrons. The molecule has 1 atom stereocenters. The van der Waals surface area contributed by atoms with Crippen LogP contribution in [-0.4, -0.2) is 35.5 Å². The van der Waals surface area contributed by atoms with Gasteiger partial charge in [-0.05, 0) is 24.8 Å². The summed E-state index contributed by atoms with van der Waals surface area (Å²) in [5.74, 6) is 0. The summed E-state index contributed by atoms with van der Waals surface area (Å²) in [6.07, 6.45) is 0.971. The summed E-state index contributed by atoms with van der Waals surface area (Å²) >= 11 is 1.73. The molecule has 4 heteroatoms. The fraction of sp³-hybridized carbons (Fsp3) is 0.600. The minimum absolute atomic E-state index is 0.209. The summed E-state index contributed by atoms with van der Waals surface area (Å²) in [5, 5.41) is 23.4. The predicted molar refractivity (Wildman–Crippen MR) is 58.6 cm³/mol. The van der Waals surface area contributed by atoms with Crippen LogP contribution >= 0.6 is 11.3 Å². The summed E-state index contributed by atoms with van der Waals surface area (Å²) in [6.45, 7) is 2.66. The molecule has 0 saturated heterocycles. The van der Waals surface area contributed by atoms with Crippen molar-refractivity contribution in [1.29, 1.82) is 0 Å². The molecule has 0 aliphatic carbocycles. The van der Waals surface area contributed by atoms with Gasteiger partial charge in [-0.3, -0.25) is 0 Å². The first-order chi connectivity index (χ1) is 6.64. The molecule has 1 heterocycles. The van der Waals surface area contributed by atoms with Crippen molar-refractivity contribution in [1.82, 2.24) is 5.32 Å². The predicted octanol–water partition coefficient (Wildman–Crippen LogP) is 0.623. The van der Waals surface area contributed by atoms with E-state index in [0.717, 1.165) is 13.0 Å². The van der Waals surface area contributed by atoms with Gasteiger partial charge in [0.05, 0.1) is 12.2 Å². The lowest BCUT2D eigenvalue weighted by Gasteiger charge is -2.20. The van der Waals surface area contributed by atoms with E-state index in [1.54, 1.807) is 18.3 Å². The molecule has 1 unspecified atom stereocenters. The van der Waals surface area contributed by atoms with Crippen LogP contribution in [0.4, 0.5) is 0 Å². The van der Waals surface area contributed by atoms with Gasteiger partial charge in [0.25, 0.3) is 0 Å². The van der Waals surface area contributed by atoms with Crippen molar-refractivity contribution in [2.75, 3.05) is 19.7 Å². The largest absolute Gasteiger partial charge is 0.393 e. The first-order valence-electron chi connectivity index (χ1n) is 4.70. The normalized spacial score (nSPS) is 15.4. The fourth-order valence-electron chi connectivity index (χ4n) is 1.08. The molecule has 0 saturated carbocycles. The summed E-state index contributed by atoms with van der Waals surface area (Å²) in [4.78, 5) is 1.33. The van der Waals surface area contributed by atoms with Gasteiger partial charge >= 0.3 is 0 Å². The molecule has 0 bridgehead atoms. The molecule has 0 aromatic carbocycles. The lowest BCUT2D eigenvalue weighted by Crippen LogP contribution is -2.41. The van der Waals surface area contributed by atoms with E-state index in [4.69, 9.17) is 5.11 Å². The van der Waals surface area contributed by atoms with Crippen molar-refractivity contribution >= 4 is 11.3 Å². The number of rotatable bonds is 6. The van der Waals surface area contributed by atoms with E-state index in [-0.39, 0.29) is 6.61 Å². The highest BCUT2D eigenvalue weighted by Crippen LogP contribution is 2.08. The van der Waals surface area contributed by atoms with Crippen LogP contribution in [0.5, 0.6) is 0 Å². The van der Waals surface area contributed by atoms with Crippen LogP contribution in [0.15, 0.2) is 17.5 Å². The number of hydrogen-bond acceptors (Lipinski definition) is 4. The van der Waals surface area contributed by atoms with E-state index in [1.165, 1.54) is 4.88 Å². The Morgan fingerprint density at radius 3 is 2.93 bits per heavy atom. The third kappa shape index (κ3) is 4.19. The molecule has 1 aromatic rings. The third-order valence-electron chi connectivity index (χ3n) is 1.97. The lowest BCUT2D eigenvalue weighted by molar-refractivity contribution is 0.00300. The SMILES string of the molecule is CC(O)(CO)CNCCc1cccs1. The molecule has 0 amide bonds. The Kier molecular flexibility index (Phi) is 4.54. The molecule has 1 aromatic heterocycles. The second-order valence-electron chi connectivity index (χ2n) is 3.66. The van der Waals surface area contributed by atoms with Gasteiger partial charge in [-0.2, -0.15) is 0 Å². The van der Waals surface area contributed by atoms with E-state index in [9.17, 15) is 5.11 Å². The van der Waals surface area contributed by atoms with Crippen LogP contribution in [0, 0.1) is 0 Å². The summed E-state index contributed by atoms with van der Waals surface area (Å²) in [6, 6.07) is 4.13. The zero-order chi connectivity index (χ0) is 10.4. The van der Waals surface area contributed by atoms with Crippen LogP contribution in [0.25, 0.3) is 0 Å². The minimum Gasteiger partial charge on any atom is -0.393 e. The van der Waals surface area contributed by atoms with Crippen LogP contribution in [0.3, 0.4) is 0 Å². The standard InChI is InChI=1S/C10H17NO2S/c1-10(13,8-12)7-11-5-4-9-3-2-6-14-9/h2-3,6,11-13H,4-5,7-8H2,1H3. The van der Waals surface area contributed by atoms with Crippen molar-refractivity contribution in [2.45, 2.75) is 18.9 Å². The number of nitrogens with one attached hydrogen (secondary N) is 1. The minimum atomic E-state index is -1.00. The van der Waals surface area contributed by atoms with Crippen LogP contribution in [-0.2, 0) is 6.42 Å². The van der Waals surface area contributed by atoms with Crippen molar-refractivity contribution in [3.05, 3.63) is 22.4 Å². The maximum atomic E-state index is 9.47. The van der Waals surface area contributed by atoms with Crippen molar-refractivity contribution in [2.24, 2.45) is 0 Å². The van der Waals surface area contributed by atoms with Crippen LogP contribution in [0.2, 0.25) is 0 Å². The second-order valence-corrected chi connectivity index (χ2v) is 4.69. The van der Waals surface area contributed by atoms with Gasteiger partial charge in [0.2, 0.25) is 0 Å². The Morgan fingerprint density at radius 1 is 1.57 bits per heavy atom. The van der Waals surface area contributed by atoms with Gasteiger partial charge in [0.1, 0.15) is 0 Å². The quantitative estimate of drug-likeness (QED) is 0.610. The Balaban J connectivity index is 2.11. The van der Waals surface area contributed by atoms with E-state index >= 15 is 0 Å². The molecule has 0 fully saturated rings. The van der Waals surface area contributed by atoms with E-state index in [1.807, 2.05) is 6.07 Å².